The van der Waals surface area contributed by atoms with Crippen LogP contribution in [-0.2, 0) is 0 Å². The van der Waals surface area contributed by atoms with Crippen molar-refractivity contribution in [3.8, 4) is 0 Å². The minimum absolute atomic E-state index is 0.274. The fourth-order valence-corrected chi connectivity index (χ4v) is 2.59. The maximum atomic E-state index is 6.18. The largest absolute Gasteiger partial charge is 0.316 e. The van der Waals surface area contributed by atoms with Crippen LogP contribution in [0.2, 0.25) is 0 Å². The summed E-state index contributed by atoms with van der Waals surface area (Å²) in [5, 5.41) is 0. The molecule has 0 aliphatic carbocycles. The molecule has 1 unspecified atom stereocenters. The lowest BCUT2D eigenvalue weighted by Gasteiger charge is -2.25. The second-order valence-electron chi connectivity index (χ2n) is 7.01. The van der Waals surface area contributed by atoms with Gasteiger partial charge in [-0.1, -0.05) is 73.1 Å². The molecule has 0 fully saturated rings. The van der Waals surface area contributed by atoms with Gasteiger partial charge in [-0.05, 0) is 31.3 Å². The van der Waals surface area contributed by atoms with Gasteiger partial charge in [0.25, 0.3) is 0 Å². The van der Waals surface area contributed by atoms with Crippen LogP contribution in [0.25, 0.3) is 0 Å². The van der Waals surface area contributed by atoms with E-state index in [1.54, 1.807) is 0 Å². The van der Waals surface area contributed by atoms with Gasteiger partial charge >= 0.3 is 0 Å². The Bertz CT molecular complexity index is 192. The third-order valence-corrected chi connectivity index (χ3v) is 3.96. The Labute approximate surface area is 122 Å². The lowest BCUT2D eigenvalue weighted by Crippen LogP contribution is -2.41. The second-order valence-corrected chi connectivity index (χ2v) is 7.01. The maximum absolute atomic E-state index is 6.18. The van der Waals surface area contributed by atoms with E-state index in [1.807, 2.05) is 0 Å². The van der Waals surface area contributed by atoms with Crippen LogP contribution in [0.3, 0.4) is 0 Å². The Morgan fingerprint density at radius 2 is 1.32 bits per heavy atom. The fourth-order valence-electron chi connectivity index (χ4n) is 2.59. The molecule has 0 aliphatic heterocycles. The molecule has 0 bridgehead atoms. The van der Waals surface area contributed by atoms with Crippen molar-refractivity contribution < 1.29 is 0 Å². The number of unbranched alkanes of at least 4 members (excludes halogenated alkanes) is 5. The van der Waals surface area contributed by atoms with Crippen molar-refractivity contribution in [2.75, 3.05) is 13.1 Å². The van der Waals surface area contributed by atoms with Crippen molar-refractivity contribution in [3.05, 3.63) is 0 Å². The highest BCUT2D eigenvalue weighted by Gasteiger charge is 2.10. The minimum atomic E-state index is 0.274. The predicted octanol–water partition coefficient (Wildman–Crippen LogP) is 4.78. The molecule has 1 atom stereocenters. The van der Waals surface area contributed by atoms with Gasteiger partial charge in [-0.25, -0.2) is 0 Å². The van der Waals surface area contributed by atoms with E-state index in [1.165, 1.54) is 44.9 Å². The molecule has 0 saturated heterocycles. The summed E-state index contributed by atoms with van der Waals surface area (Å²) in [4.78, 5) is 2.35. The molecule has 0 aromatic rings. The Balaban J connectivity index is 3.36. The molecule has 0 amide bonds. The van der Waals surface area contributed by atoms with E-state index < -0.39 is 0 Å². The number of rotatable bonds is 11. The van der Waals surface area contributed by atoms with Crippen molar-refractivity contribution in [3.63, 3.8) is 0 Å². The molecule has 0 aromatic heterocycles. The van der Waals surface area contributed by atoms with E-state index in [-0.39, 0.29) is 6.17 Å². The average Bonchev–Trinajstić information content (AvgIpc) is 2.32. The average molecular weight is 271 g/mol. The van der Waals surface area contributed by atoms with Crippen LogP contribution in [0.15, 0.2) is 0 Å². The molecule has 2 nitrogen and oxygen atoms in total. The van der Waals surface area contributed by atoms with Gasteiger partial charge in [0.05, 0.1) is 6.17 Å². The van der Waals surface area contributed by atoms with Crippen molar-refractivity contribution in [2.24, 2.45) is 11.1 Å². The molecule has 0 saturated carbocycles. The summed E-state index contributed by atoms with van der Waals surface area (Å²) in [6.07, 6.45) is 11.0. The molecule has 0 aliphatic rings. The summed E-state index contributed by atoms with van der Waals surface area (Å²) in [5.41, 5.74) is 6.69. The van der Waals surface area contributed by atoms with Crippen molar-refractivity contribution in [2.45, 2.75) is 92.2 Å². The summed E-state index contributed by atoms with van der Waals surface area (Å²) >= 11 is 0. The molecule has 19 heavy (non-hydrogen) atoms. The van der Waals surface area contributed by atoms with Crippen molar-refractivity contribution in [1.29, 1.82) is 0 Å². The van der Waals surface area contributed by atoms with E-state index in [4.69, 9.17) is 5.73 Å². The van der Waals surface area contributed by atoms with Gasteiger partial charge in [-0.3, -0.25) is 4.90 Å². The van der Waals surface area contributed by atoms with Crippen LogP contribution in [0.4, 0.5) is 0 Å². The summed E-state index contributed by atoms with van der Waals surface area (Å²) in [7, 11) is 0. The van der Waals surface area contributed by atoms with Gasteiger partial charge in [-0.2, -0.15) is 0 Å². The number of hydrogen-bond acceptors (Lipinski definition) is 2. The van der Waals surface area contributed by atoms with Crippen LogP contribution >= 0.6 is 0 Å². The van der Waals surface area contributed by atoms with Gasteiger partial charge in [-0.15, -0.1) is 0 Å². The lowest BCUT2D eigenvalue weighted by molar-refractivity contribution is 0.207. The predicted molar refractivity (Wildman–Crippen MR) is 87.3 cm³/mol. The molecule has 0 rings (SSSR count). The lowest BCUT2D eigenvalue weighted by atomic mass is 9.89. The third-order valence-electron chi connectivity index (χ3n) is 3.96. The molecule has 0 spiro atoms. The van der Waals surface area contributed by atoms with Crippen LogP contribution in [-0.4, -0.2) is 24.2 Å². The van der Waals surface area contributed by atoms with Gasteiger partial charge in [0.1, 0.15) is 0 Å². The molecule has 0 aromatic carbocycles. The van der Waals surface area contributed by atoms with Gasteiger partial charge in [0.2, 0.25) is 0 Å². The first kappa shape index (κ1) is 18.9. The summed E-state index contributed by atoms with van der Waals surface area (Å²) in [6, 6.07) is 0. The topological polar surface area (TPSA) is 29.3 Å². The van der Waals surface area contributed by atoms with Gasteiger partial charge in [0, 0.05) is 0 Å². The number of nitrogens with zero attached hydrogens (tertiary/aromatic N) is 1. The Morgan fingerprint density at radius 3 is 1.79 bits per heavy atom. The number of nitrogens with two attached hydrogens (primary N) is 1. The minimum Gasteiger partial charge on any atom is -0.316 e. The van der Waals surface area contributed by atoms with E-state index in [0.717, 1.165) is 19.5 Å². The normalized spacial score (nSPS) is 14.1. The summed E-state index contributed by atoms with van der Waals surface area (Å²) < 4.78 is 0. The molecule has 0 radical (unpaired) electrons. The van der Waals surface area contributed by atoms with Crippen molar-refractivity contribution >= 4 is 0 Å². The molecule has 0 heterocycles. The third kappa shape index (κ3) is 11.4. The summed E-state index contributed by atoms with van der Waals surface area (Å²) in [6.45, 7) is 13.5. The molecule has 116 valence electrons. The van der Waals surface area contributed by atoms with E-state index >= 15 is 0 Å². The van der Waals surface area contributed by atoms with Gasteiger partial charge < -0.3 is 5.73 Å². The molecule has 2 N–H and O–H groups in total. The molecular formula is C17H38N2. The molecule has 2 heteroatoms. The SMILES string of the molecule is CCN(CC)C(N)CCCCCCCCC(C)(C)C. The first-order valence-electron chi connectivity index (χ1n) is 8.40. The van der Waals surface area contributed by atoms with E-state index in [9.17, 15) is 0 Å². The van der Waals surface area contributed by atoms with Crippen LogP contribution in [0.5, 0.6) is 0 Å². The van der Waals surface area contributed by atoms with Crippen molar-refractivity contribution in [1.82, 2.24) is 4.90 Å². The van der Waals surface area contributed by atoms with Crippen LogP contribution in [0, 0.1) is 5.41 Å². The monoisotopic (exact) mass is 270 g/mol. The van der Waals surface area contributed by atoms with Crippen LogP contribution in [0.1, 0.15) is 86.0 Å². The Kier molecular flexibility index (Phi) is 10.6. The highest BCUT2D eigenvalue weighted by atomic mass is 15.2. The van der Waals surface area contributed by atoms with E-state index in [0.29, 0.717) is 5.41 Å². The first-order valence-corrected chi connectivity index (χ1v) is 8.40. The standard InChI is InChI=1S/C17H38N2/c1-6-19(7-2)16(18)14-12-10-8-9-11-13-15-17(3,4)5/h16H,6-15,18H2,1-5H3. The summed E-state index contributed by atoms with van der Waals surface area (Å²) in [5.74, 6) is 0. The number of hydrogen-bond donors (Lipinski definition) is 1. The quantitative estimate of drug-likeness (QED) is 0.432. The smallest absolute Gasteiger partial charge is 0.0571 e. The molecular weight excluding hydrogens is 232 g/mol. The van der Waals surface area contributed by atoms with E-state index in [2.05, 4.69) is 39.5 Å². The second kappa shape index (κ2) is 10.7. The van der Waals surface area contributed by atoms with Gasteiger partial charge in [0.15, 0.2) is 0 Å². The maximum Gasteiger partial charge on any atom is 0.0571 e. The Morgan fingerprint density at radius 1 is 0.842 bits per heavy atom. The van der Waals surface area contributed by atoms with Crippen LogP contribution < -0.4 is 5.73 Å². The zero-order chi connectivity index (χ0) is 14.7. The zero-order valence-corrected chi connectivity index (χ0v) is 14.2. The fraction of sp³-hybridized carbons (Fsp3) is 1.00. The highest BCUT2D eigenvalue weighted by Crippen LogP contribution is 2.22. The highest BCUT2D eigenvalue weighted by molar-refractivity contribution is 4.63. The first-order chi connectivity index (χ1) is 8.90. The zero-order valence-electron chi connectivity index (χ0n) is 14.2. The Hall–Kier alpha value is -0.0800.